The zero-order chi connectivity index (χ0) is 26.9. The number of aryl methyl sites for hydroxylation is 1. The third kappa shape index (κ3) is 4.32. The highest BCUT2D eigenvalue weighted by Gasteiger charge is 2.21. The van der Waals surface area contributed by atoms with E-state index in [1.54, 1.807) is 0 Å². The van der Waals surface area contributed by atoms with Gasteiger partial charge in [-0.1, -0.05) is 139 Å². The highest BCUT2D eigenvalue weighted by molar-refractivity contribution is 6.07. The largest absolute Gasteiger partial charge is 0.309 e. The molecule has 7 rings (SSSR count). The Morgan fingerprint density at radius 1 is 0.400 bits per heavy atom. The molecule has 190 valence electrons. The molecular weight excluding hydrogens is 482 g/mol. The molecule has 0 saturated carbocycles. The van der Waals surface area contributed by atoms with E-state index < -0.39 is 0 Å². The number of para-hydroxylation sites is 1. The monoisotopic (exact) mass is 511 g/mol. The minimum atomic E-state index is 1.16. The molecule has 0 atom stereocenters. The van der Waals surface area contributed by atoms with Gasteiger partial charge in [0.15, 0.2) is 0 Å². The fourth-order valence-electron chi connectivity index (χ4n) is 5.68. The number of fused-ring (bicyclic) bond motifs is 1. The number of hydrogen-bond donors (Lipinski definition) is 0. The van der Waals surface area contributed by atoms with Crippen molar-refractivity contribution in [3.05, 3.63) is 163 Å². The third-order valence-electron chi connectivity index (χ3n) is 7.69. The first-order valence-corrected chi connectivity index (χ1v) is 13.8. The zero-order valence-corrected chi connectivity index (χ0v) is 22.5. The van der Waals surface area contributed by atoms with Gasteiger partial charge in [0.2, 0.25) is 0 Å². The zero-order valence-electron chi connectivity index (χ0n) is 22.5. The molecule has 0 aliphatic carbocycles. The molecule has 0 fully saturated rings. The van der Waals surface area contributed by atoms with Gasteiger partial charge in [-0.05, 0) is 64.6 Å². The van der Waals surface area contributed by atoms with Gasteiger partial charge < -0.3 is 4.57 Å². The molecule has 0 saturated heterocycles. The van der Waals surface area contributed by atoms with Crippen LogP contribution in [0.15, 0.2) is 158 Å². The Morgan fingerprint density at radius 3 is 1.48 bits per heavy atom. The van der Waals surface area contributed by atoms with Crippen molar-refractivity contribution in [1.29, 1.82) is 0 Å². The molecule has 0 radical (unpaired) electrons. The van der Waals surface area contributed by atoms with Gasteiger partial charge in [0.05, 0.1) is 11.2 Å². The van der Waals surface area contributed by atoms with E-state index >= 15 is 0 Å². The van der Waals surface area contributed by atoms with E-state index in [1.165, 1.54) is 61.1 Å². The van der Waals surface area contributed by atoms with Crippen LogP contribution in [-0.4, -0.2) is 4.57 Å². The maximum absolute atomic E-state index is 2.41. The average molecular weight is 512 g/mol. The number of benzene rings is 6. The first-order chi connectivity index (χ1) is 19.8. The standard InChI is InChI=1S/C39H29N/c1-28-17-19-29(20-18-28)30-21-23-31(24-22-30)34-25-26-37-36(27-34)38(32-11-5-2-6-12-32)39(33-13-7-3-8-14-33)40(37)35-15-9-4-10-16-35/h2-27H,1H3. The molecule has 0 aliphatic rings. The summed E-state index contributed by atoms with van der Waals surface area (Å²) in [6.45, 7) is 2.13. The fourth-order valence-corrected chi connectivity index (χ4v) is 5.68. The first kappa shape index (κ1) is 23.9. The molecular formula is C39H29N. The van der Waals surface area contributed by atoms with E-state index in [1.807, 2.05) is 0 Å². The van der Waals surface area contributed by atoms with E-state index in [-0.39, 0.29) is 0 Å². The quantitative estimate of drug-likeness (QED) is 0.217. The fraction of sp³-hybridized carbons (Fsp3) is 0.0256. The van der Waals surface area contributed by atoms with Gasteiger partial charge in [0, 0.05) is 16.6 Å². The van der Waals surface area contributed by atoms with E-state index in [4.69, 9.17) is 0 Å². The van der Waals surface area contributed by atoms with Crippen molar-refractivity contribution in [2.24, 2.45) is 0 Å². The summed E-state index contributed by atoms with van der Waals surface area (Å²) in [5, 5.41) is 1.24. The van der Waals surface area contributed by atoms with E-state index in [0.717, 1.165) is 5.69 Å². The molecule has 0 spiro atoms. The first-order valence-electron chi connectivity index (χ1n) is 13.8. The van der Waals surface area contributed by atoms with Crippen LogP contribution in [0.2, 0.25) is 0 Å². The number of rotatable bonds is 5. The van der Waals surface area contributed by atoms with Crippen molar-refractivity contribution in [3.63, 3.8) is 0 Å². The van der Waals surface area contributed by atoms with Gasteiger partial charge in [-0.3, -0.25) is 0 Å². The minimum absolute atomic E-state index is 1.16. The molecule has 40 heavy (non-hydrogen) atoms. The Labute approximate surface area is 235 Å². The Bertz CT molecular complexity index is 1900. The van der Waals surface area contributed by atoms with Crippen LogP contribution in [0.3, 0.4) is 0 Å². The summed E-state index contributed by atoms with van der Waals surface area (Å²) in [4.78, 5) is 0. The molecule has 1 nitrogen and oxygen atoms in total. The van der Waals surface area contributed by atoms with Crippen molar-refractivity contribution >= 4 is 10.9 Å². The SMILES string of the molecule is Cc1ccc(-c2ccc(-c3ccc4c(c3)c(-c3ccccc3)c(-c3ccccc3)n4-c3ccccc3)cc2)cc1. The smallest absolute Gasteiger partial charge is 0.0619 e. The van der Waals surface area contributed by atoms with Crippen LogP contribution < -0.4 is 0 Å². The van der Waals surface area contributed by atoms with Gasteiger partial charge in [-0.2, -0.15) is 0 Å². The summed E-state index contributed by atoms with van der Waals surface area (Å²) in [5.41, 5.74) is 13.4. The Balaban J connectivity index is 1.46. The van der Waals surface area contributed by atoms with Gasteiger partial charge in [0.1, 0.15) is 0 Å². The number of aromatic nitrogens is 1. The highest BCUT2D eigenvalue weighted by atomic mass is 15.0. The lowest BCUT2D eigenvalue weighted by atomic mass is 9.95. The van der Waals surface area contributed by atoms with Crippen molar-refractivity contribution in [1.82, 2.24) is 4.57 Å². The number of nitrogens with zero attached hydrogens (tertiary/aromatic N) is 1. The molecule has 7 aromatic rings. The third-order valence-corrected chi connectivity index (χ3v) is 7.69. The van der Waals surface area contributed by atoms with Gasteiger partial charge in [-0.25, -0.2) is 0 Å². The van der Waals surface area contributed by atoms with E-state index in [2.05, 4.69) is 169 Å². The lowest BCUT2D eigenvalue weighted by Crippen LogP contribution is -1.97. The Kier molecular flexibility index (Phi) is 6.11. The molecule has 0 unspecified atom stereocenters. The highest BCUT2D eigenvalue weighted by Crippen LogP contribution is 2.44. The summed E-state index contributed by atoms with van der Waals surface area (Å²) in [6.07, 6.45) is 0. The maximum atomic E-state index is 2.41. The molecule has 0 N–H and O–H groups in total. The van der Waals surface area contributed by atoms with Crippen molar-refractivity contribution in [2.45, 2.75) is 6.92 Å². The predicted octanol–water partition coefficient (Wildman–Crippen LogP) is 10.6. The minimum Gasteiger partial charge on any atom is -0.309 e. The van der Waals surface area contributed by atoms with Crippen LogP contribution in [-0.2, 0) is 0 Å². The molecule has 1 heteroatoms. The summed E-state index contributed by atoms with van der Waals surface area (Å²) in [7, 11) is 0. The normalized spacial score (nSPS) is 11.1. The molecule has 0 amide bonds. The molecule has 0 aliphatic heterocycles. The molecule has 1 heterocycles. The summed E-state index contributed by atoms with van der Waals surface area (Å²) in [6, 6.07) is 56.8. The summed E-state index contributed by atoms with van der Waals surface area (Å²) in [5.74, 6) is 0. The maximum Gasteiger partial charge on any atom is 0.0619 e. The average Bonchev–Trinajstić information content (AvgIpc) is 3.37. The van der Waals surface area contributed by atoms with Crippen LogP contribution in [0.5, 0.6) is 0 Å². The summed E-state index contributed by atoms with van der Waals surface area (Å²) >= 11 is 0. The lowest BCUT2D eigenvalue weighted by Gasteiger charge is -2.13. The molecule has 1 aromatic heterocycles. The lowest BCUT2D eigenvalue weighted by molar-refractivity contribution is 1.13. The second kappa shape index (κ2) is 10.2. The van der Waals surface area contributed by atoms with Gasteiger partial charge in [0.25, 0.3) is 0 Å². The second-order valence-corrected chi connectivity index (χ2v) is 10.3. The van der Waals surface area contributed by atoms with Crippen LogP contribution in [0.4, 0.5) is 0 Å². The van der Waals surface area contributed by atoms with Crippen LogP contribution in [0.1, 0.15) is 5.56 Å². The second-order valence-electron chi connectivity index (χ2n) is 10.3. The van der Waals surface area contributed by atoms with Crippen molar-refractivity contribution in [3.8, 4) is 50.3 Å². The molecule has 0 bridgehead atoms. The molecule has 6 aromatic carbocycles. The number of hydrogen-bond acceptors (Lipinski definition) is 0. The van der Waals surface area contributed by atoms with Crippen molar-refractivity contribution in [2.75, 3.05) is 0 Å². The topological polar surface area (TPSA) is 4.93 Å². The Hall–Kier alpha value is -5.14. The van der Waals surface area contributed by atoms with Gasteiger partial charge in [-0.15, -0.1) is 0 Å². The van der Waals surface area contributed by atoms with Crippen LogP contribution in [0.25, 0.3) is 61.2 Å². The van der Waals surface area contributed by atoms with Gasteiger partial charge >= 0.3 is 0 Å². The summed E-state index contributed by atoms with van der Waals surface area (Å²) < 4.78 is 2.41. The van der Waals surface area contributed by atoms with E-state index in [9.17, 15) is 0 Å². The van der Waals surface area contributed by atoms with Crippen LogP contribution in [0, 0.1) is 6.92 Å². The Morgan fingerprint density at radius 2 is 0.875 bits per heavy atom. The van der Waals surface area contributed by atoms with Crippen molar-refractivity contribution < 1.29 is 0 Å². The predicted molar refractivity (Wildman–Crippen MR) is 170 cm³/mol. The van der Waals surface area contributed by atoms with Crippen LogP contribution >= 0.6 is 0 Å². The van der Waals surface area contributed by atoms with E-state index in [0.29, 0.717) is 0 Å².